The topological polar surface area (TPSA) is 75.7 Å². The summed E-state index contributed by atoms with van der Waals surface area (Å²) in [5.41, 5.74) is 0.908. The van der Waals surface area contributed by atoms with E-state index in [1.807, 2.05) is 0 Å². The molecule has 1 aromatic rings. The highest BCUT2D eigenvalue weighted by atomic mass is 32.2. The van der Waals surface area contributed by atoms with E-state index in [2.05, 4.69) is 5.32 Å². The van der Waals surface area contributed by atoms with Gasteiger partial charge in [0, 0.05) is 19.5 Å². The summed E-state index contributed by atoms with van der Waals surface area (Å²) < 4.78 is 31.8. The first kappa shape index (κ1) is 13.4. The molecule has 7 heteroatoms. The second kappa shape index (κ2) is 5.06. The van der Waals surface area contributed by atoms with Crippen molar-refractivity contribution in [2.75, 3.05) is 26.2 Å². The average molecular weight is 296 g/mol. The molecule has 1 amide bonds. The summed E-state index contributed by atoms with van der Waals surface area (Å²) in [6, 6.07) is 4.88. The van der Waals surface area contributed by atoms with E-state index in [4.69, 9.17) is 4.74 Å². The van der Waals surface area contributed by atoms with Crippen molar-refractivity contribution in [2.45, 2.75) is 17.7 Å². The molecule has 3 rings (SSSR count). The molecule has 0 unspecified atom stereocenters. The molecule has 1 saturated heterocycles. The molecule has 2 heterocycles. The van der Waals surface area contributed by atoms with Gasteiger partial charge in [-0.05, 0) is 30.2 Å². The third-order valence-corrected chi connectivity index (χ3v) is 5.37. The minimum atomic E-state index is -3.62. The first-order valence-corrected chi connectivity index (χ1v) is 8.04. The van der Waals surface area contributed by atoms with Crippen molar-refractivity contribution in [3.63, 3.8) is 0 Å². The lowest BCUT2D eigenvalue weighted by Gasteiger charge is -2.19. The number of sulfonamides is 1. The molecule has 0 saturated carbocycles. The first-order valence-electron chi connectivity index (χ1n) is 6.60. The third-order valence-electron chi connectivity index (χ3n) is 3.53. The Morgan fingerprint density at radius 2 is 2.15 bits per heavy atom. The van der Waals surface area contributed by atoms with Gasteiger partial charge in [-0.15, -0.1) is 0 Å². The molecule has 0 aromatic heterocycles. The van der Waals surface area contributed by atoms with Gasteiger partial charge in [-0.2, -0.15) is 4.31 Å². The van der Waals surface area contributed by atoms with Crippen LogP contribution in [-0.2, 0) is 21.2 Å². The van der Waals surface area contributed by atoms with Gasteiger partial charge in [0.1, 0.15) is 5.75 Å². The zero-order valence-corrected chi connectivity index (χ0v) is 11.8. The van der Waals surface area contributed by atoms with E-state index >= 15 is 0 Å². The second-order valence-electron chi connectivity index (χ2n) is 4.91. The zero-order chi connectivity index (χ0) is 14.2. The van der Waals surface area contributed by atoms with Crippen LogP contribution in [0.1, 0.15) is 12.0 Å². The van der Waals surface area contributed by atoms with Crippen LogP contribution in [0.4, 0.5) is 0 Å². The number of ether oxygens (including phenoxy) is 1. The van der Waals surface area contributed by atoms with Crippen LogP contribution in [0, 0.1) is 0 Å². The van der Waals surface area contributed by atoms with Crippen molar-refractivity contribution < 1.29 is 17.9 Å². The lowest BCUT2D eigenvalue weighted by atomic mass is 10.2. The highest BCUT2D eigenvalue weighted by Gasteiger charge is 2.29. The van der Waals surface area contributed by atoms with E-state index in [1.165, 1.54) is 4.31 Å². The fourth-order valence-electron chi connectivity index (χ4n) is 2.46. The van der Waals surface area contributed by atoms with Crippen molar-refractivity contribution in [3.8, 4) is 5.75 Å². The Bertz CT molecular complexity index is 642. The number of hydrogen-bond acceptors (Lipinski definition) is 4. The third kappa shape index (κ3) is 2.38. The number of hydrogen-bond donors (Lipinski definition) is 1. The maximum Gasteiger partial charge on any atom is 0.243 e. The largest absolute Gasteiger partial charge is 0.493 e. The second-order valence-corrected chi connectivity index (χ2v) is 6.85. The molecule has 1 N–H and O–H groups in total. The molecule has 2 aliphatic heterocycles. The van der Waals surface area contributed by atoms with Crippen molar-refractivity contribution in [2.24, 2.45) is 0 Å². The number of rotatable bonds is 2. The molecule has 0 radical (unpaired) electrons. The van der Waals surface area contributed by atoms with Crippen LogP contribution in [0.5, 0.6) is 5.75 Å². The monoisotopic (exact) mass is 296 g/mol. The van der Waals surface area contributed by atoms with Crippen molar-refractivity contribution in [3.05, 3.63) is 23.8 Å². The van der Waals surface area contributed by atoms with Crippen molar-refractivity contribution in [1.29, 1.82) is 0 Å². The molecular formula is C13H16N2O4S. The van der Waals surface area contributed by atoms with Crippen LogP contribution in [0.3, 0.4) is 0 Å². The molecule has 20 heavy (non-hydrogen) atoms. The van der Waals surface area contributed by atoms with Crippen molar-refractivity contribution in [1.82, 2.24) is 9.62 Å². The normalized spacial score (nSPS) is 19.9. The molecular weight excluding hydrogens is 280 g/mol. The Kier molecular flexibility index (Phi) is 3.39. The quantitative estimate of drug-likeness (QED) is 0.842. The predicted octanol–water partition coefficient (Wildman–Crippen LogP) is 0.132. The molecule has 0 atom stereocenters. The van der Waals surface area contributed by atoms with E-state index in [0.717, 1.165) is 17.7 Å². The Labute approximate surface area is 117 Å². The lowest BCUT2D eigenvalue weighted by Crippen LogP contribution is -2.37. The zero-order valence-electron chi connectivity index (χ0n) is 11.0. The van der Waals surface area contributed by atoms with Gasteiger partial charge in [0.25, 0.3) is 0 Å². The maximum atomic E-state index is 12.6. The van der Waals surface area contributed by atoms with Gasteiger partial charge in [0.05, 0.1) is 18.0 Å². The fraction of sp³-hybridized carbons (Fsp3) is 0.462. The summed E-state index contributed by atoms with van der Waals surface area (Å²) in [5, 5.41) is 2.67. The number of carbonyl (C=O) groups excluding carboxylic acids is 1. The minimum absolute atomic E-state index is 0.115. The number of fused-ring (bicyclic) bond motifs is 1. The molecule has 1 fully saturated rings. The summed E-state index contributed by atoms with van der Waals surface area (Å²) in [7, 11) is -3.62. The summed E-state index contributed by atoms with van der Waals surface area (Å²) in [6.45, 7) is 1.35. The highest BCUT2D eigenvalue weighted by molar-refractivity contribution is 7.89. The van der Waals surface area contributed by atoms with Gasteiger partial charge in [-0.25, -0.2) is 8.42 Å². The molecule has 2 aliphatic rings. The van der Waals surface area contributed by atoms with Crippen LogP contribution >= 0.6 is 0 Å². The summed E-state index contributed by atoms with van der Waals surface area (Å²) >= 11 is 0. The van der Waals surface area contributed by atoms with E-state index in [9.17, 15) is 13.2 Å². The highest BCUT2D eigenvalue weighted by Crippen LogP contribution is 2.28. The standard InChI is InChI=1S/C13H16N2O4S/c16-13-9-15(6-1-5-14-13)20(17,18)11-2-3-12-10(8-11)4-7-19-12/h2-3,8H,1,4-7,9H2,(H,14,16). The van der Waals surface area contributed by atoms with Crippen LogP contribution in [0.25, 0.3) is 0 Å². The Balaban J connectivity index is 1.92. The Hall–Kier alpha value is -1.60. The van der Waals surface area contributed by atoms with Crippen LogP contribution in [-0.4, -0.2) is 44.9 Å². The van der Waals surface area contributed by atoms with Crippen molar-refractivity contribution >= 4 is 15.9 Å². The van der Waals surface area contributed by atoms with Gasteiger partial charge in [0.15, 0.2) is 0 Å². The van der Waals surface area contributed by atoms with Crippen LogP contribution < -0.4 is 10.1 Å². The number of amides is 1. The molecule has 1 aromatic carbocycles. The van der Waals surface area contributed by atoms with Gasteiger partial charge < -0.3 is 10.1 Å². The lowest BCUT2D eigenvalue weighted by molar-refractivity contribution is -0.120. The van der Waals surface area contributed by atoms with E-state index < -0.39 is 10.0 Å². The van der Waals surface area contributed by atoms with Crippen LogP contribution in [0.2, 0.25) is 0 Å². The molecule has 0 aliphatic carbocycles. The number of nitrogens with zero attached hydrogens (tertiary/aromatic N) is 1. The van der Waals surface area contributed by atoms with Crippen LogP contribution in [0.15, 0.2) is 23.1 Å². The maximum absolute atomic E-state index is 12.6. The predicted molar refractivity (Wildman–Crippen MR) is 72.0 cm³/mol. The molecule has 0 bridgehead atoms. The fourth-order valence-corrected chi connectivity index (χ4v) is 3.94. The molecule has 0 spiro atoms. The summed E-state index contributed by atoms with van der Waals surface area (Å²) in [4.78, 5) is 11.8. The van der Waals surface area contributed by atoms with Gasteiger partial charge in [0.2, 0.25) is 15.9 Å². The average Bonchev–Trinajstić information content (AvgIpc) is 2.78. The van der Waals surface area contributed by atoms with Gasteiger partial charge in [-0.1, -0.05) is 0 Å². The van der Waals surface area contributed by atoms with E-state index in [1.54, 1.807) is 18.2 Å². The van der Waals surface area contributed by atoms with Gasteiger partial charge >= 0.3 is 0 Å². The summed E-state index contributed by atoms with van der Waals surface area (Å²) in [6.07, 6.45) is 1.35. The SMILES string of the molecule is O=C1CN(S(=O)(=O)c2ccc3c(c2)CCO3)CCCN1. The Morgan fingerprint density at radius 3 is 3.00 bits per heavy atom. The number of carbonyl (C=O) groups is 1. The Morgan fingerprint density at radius 1 is 1.30 bits per heavy atom. The van der Waals surface area contributed by atoms with Gasteiger partial charge in [-0.3, -0.25) is 4.79 Å². The number of nitrogens with one attached hydrogen (secondary N) is 1. The first-order chi connectivity index (χ1) is 9.57. The minimum Gasteiger partial charge on any atom is -0.493 e. The molecule has 6 nitrogen and oxygen atoms in total. The molecule has 108 valence electrons. The van der Waals surface area contributed by atoms with E-state index in [-0.39, 0.29) is 17.3 Å². The number of benzene rings is 1. The van der Waals surface area contributed by atoms with E-state index in [0.29, 0.717) is 26.1 Å². The smallest absolute Gasteiger partial charge is 0.243 e. The summed E-state index contributed by atoms with van der Waals surface area (Å²) in [5.74, 6) is 0.494.